The van der Waals surface area contributed by atoms with Crippen molar-refractivity contribution in [2.24, 2.45) is 5.10 Å². The standard InChI is InChI=1S/C14H19N3O4/c1-8(2)15-13(19)14(20)17-16-9(3)11-7-10(21-4)5-6-12(11)18/h5-8,18H,1-4H3,(H,15,19)(H,17,20)/b16-9+. The number of amides is 2. The van der Waals surface area contributed by atoms with Crippen LogP contribution in [0.15, 0.2) is 23.3 Å². The predicted molar refractivity (Wildman–Crippen MR) is 78.3 cm³/mol. The topological polar surface area (TPSA) is 100 Å². The smallest absolute Gasteiger partial charge is 0.329 e. The largest absolute Gasteiger partial charge is 0.507 e. The van der Waals surface area contributed by atoms with Crippen LogP contribution in [0.3, 0.4) is 0 Å². The molecule has 0 saturated heterocycles. The Kier molecular flexibility index (Phi) is 5.71. The molecule has 1 aromatic rings. The van der Waals surface area contributed by atoms with Gasteiger partial charge < -0.3 is 15.2 Å². The van der Waals surface area contributed by atoms with Crippen molar-refractivity contribution in [1.82, 2.24) is 10.7 Å². The maximum atomic E-state index is 11.5. The maximum Gasteiger partial charge on any atom is 0.329 e. The van der Waals surface area contributed by atoms with Crippen LogP contribution < -0.4 is 15.5 Å². The van der Waals surface area contributed by atoms with E-state index in [1.54, 1.807) is 32.9 Å². The summed E-state index contributed by atoms with van der Waals surface area (Å²) in [5.74, 6) is -1.10. The monoisotopic (exact) mass is 293 g/mol. The Balaban J connectivity index is 2.81. The summed E-state index contributed by atoms with van der Waals surface area (Å²) in [7, 11) is 1.50. The summed E-state index contributed by atoms with van der Waals surface area (Å²) in [5.41, 5.74) is 2.88. The van der Waals surface area contributed by atoms with Crippen molar-refractivity contribution in [3.05, 3.63) is 23.8 Å². The molecule has 0 spiro atoms. The number of hydrogen-bond acceptors (Lipinski definition) is 5. The van der Waals surface area contributed by atoms with E-state index in [0.717, 1.165) is 0 Å². The van der Waals surface area contributed by atoms with Gasteiger partial charge in [-0.05, 0) is 39.0 Å². The summed E-state index contributed by atoms with van der Waals surface area (Å²) in [4.78, 5) is 22.9. The molecule has 2 amide bonds. The molecule has 0 saturated carbocycles. The molecular weight excluding hydrogens is 274 g/mol. The zero-order valence-corrected chi connectivity index (χ0v) is 12.4. The fourth-order valence-electron chi connectivity index (χ4n) is 1.51. The summed E-state index contributed by atoms with van der Waals surface area (Å²) >= 11 is 0. The number of phenolic OH excluding ortho intramolecular Hbond substituents is 1. The molecule has 0 aliphatic rings. The minimum Gasteiger partial charge on any atom is -0.507 e. The lowest BCUT2D eigenvalue weighted by atomic mass is 10.1. The van der Waals surface area contributed by atoms with E-state index in [1.165, 1.54) is 13.2 Å². The Bertz CT molecular complexity index is 567. The van der Waals surface area contributed by atoms with Gasteiger partial charge in [0.05, 0.1) is 12.8 Å². The Morgan fingerprint density at radius 1 is 1.29 bits per heavy atom. The second kappa shape index (κ2) is 7.28. The van der Waals surface area contributed by atoms with Gasteiger partial charge in [0, 0.05) is 11.6 Å². The molecule has 0 bridgehead atoms. The van der Waals surface area contributed by atoms with Crippen molar-refractivity contribution in [2.75, 3.05) is 7.11 Å². The van der Waals surface area contributed by atoms with Gasteiger partial charge in [-0.2, -0.15) is 5.10 Å². The third kappa shape index (κ3) is 4.79. The highest BCUT2D eigenvalue weighted by molar-refractivity contribution is 6.35. The van der Waals surface area contributed by atoms with Gasteiger partial charge in [-0.3, -0.25) is 9.59 Å². The molecule has 0 heterocycles. The molecule has 1 aromatic carbocycles. The highest BCUT2D eigenvalue weighted by Crippen LogP contribution is 2.23. The van der Waals surface area contributed by atoms with Gasteiger partial charge in [0.2, 0.25) is 0 Å². The molecule has 0 unspecified atom stereocenters. The van der Waals surface area contributed by atoms with Crippen molar-refractivity contribution in [1.29, 1.82) is 0 Å². The highest BCUT2D eigenvalue weighted by atomic mass is 16.5. The van der Waals surface area contributed by atoms with E-state index in [0.29, 0.717) is 17.0 Å². The van der Waals surface area contributed by atoms with Crippen molar-refractivity contribution in [2.45, 2.75) is 26.8 Å². The first-order valence-corrected chi connectivity index (χ1v) is 6.37. The SMILES string of the molecule is COc1ccc(O)c(/C(C)=N/NC(=O)C(=O)NC(C)C)c1. The molecule has 0 atom stereocenters. The van der Waals surface area contributed by atoms with Crippen molar-refractivity contribution >= 4 is 17.5 Å². The van der Waals surface area contributed by atoms with Crippen LogP contribution in [0.5, 0.6) is 11.5 Å². The number of methoxy groups -OCH3 is 1. The van der Waals surface area contributed by atoms with Gasteiger partial charge in [-0.15, -0.1) is 0 Å². The van der Waals surface area contributed by atoms with E-state index in [1.807, 2.05) is 0 Å². The number of aromatic hydroxyl groups is 1. The van der Waals surface area contributed by atoms with E-state index in [-0.39, 0.29) is 11.8 Å². The summed E-state index contributed by atoms with van der Waals surface area (Å²) in [6.45, 7) is 5.08. The lowest BCUT2D eigenvalue weighted by molar-refractivity contribution is -0.139. The normalized spacial score (nSPS) is 11.2. The zero-order valence-electron chi connectivity index (χ0n) is 12.4. The number of carbonyl (C=O) groups excluding carboxylic acids is 2. The number of benzene rings is 1. The molecule has 0 radical (unpaired) electrons. The number of rotatable bonds is 4. The Morgan fingerprint density at radius 2 is 1.95 bits per heavy atom. The first-order valence-electron chi connectivity index (χ1n) is 6.37. The van der Waals surface area contributed by atoms with Crippen LogP contribution in [0, 0.1) is 0 Å². The molecule has 21 heavy (non-hydrogen) atoms. The highest BCUT2D eigenvalue weighted by Gasteiger charge is 2.14. The molecule has 3 N–H and O–H groups in total. The number of ether oxygens (including phenoxy) is 1. The summed E-state index contributed by atoms with van der Waals surface area (Å²) in [5, 5.41) is 16.0. The average molecular weight is 293 g/mol. The van der Waals surface area contributed by atoms with Gasteiger partial charge in [0.15, 0.2) is 0 Å². The Hall–Kier alpha value is -2.57. The second-order valence-corrected chi connectivity index (χ2v) is 4.65. The molecular formula is C14H19N3O4. The maximum absolute atomic E-state index is 11.5. The Labute approximate surface area is 123 Å². The lowest BCUT2D eigenvalue weighted by Crippen LogP contribution is -2.41. The third-order valence-corrected chi connectivity index (χ3v) is 2.54. The van der Waals surface area contributed by atoms with Crippen LogP contribution in [0.4, 0.5) is 0 Å². The minimum atomic E-state index is -0.870. The molecule has 0 aromatic heterocycles. The fourth-order valence-corrected chi connectivity index (χ4v) is 1.51. The van der Waals surface area contributed by atoms with Crippen LogP contribution in [0.1, 0.15) is 26.3 Å². The number of carbonyl (C=O) groups is 2. The summed E-state index contributed by atoms with van der Waals surface area (Å²) in [6.07, 6.45) is 0. The summed E-state index contributed by atoms with van der Waals surface area (Å²) in [6, 6.07) is 4.49. The number of hydrazone groups is 1. The van der Waals surface area contributed by atoms with E-state index < -0.39 is 11.8 Å². The van der Waals surface area contributed by atoms with Gasteiger partial charge in [0.25, 0.3) is 0 Å². The second-order valence-electron chi connectivity index (χ2n) is 4.65. The molecule has 1 rings (SSSR count). The van der Waals surface area contributed by atoms with Crippen molar-refractivity contribution in [3.63, 3.8) is 0 Å². The van der Waals surface area contributed by atoms with Gasteiger partial charge in [-0.25, -0.2) is 5.43 Å². The van der Waals surface area contributed by atoms with E-state index in [4.69, 9.17) is 4.74 Å². The van der Waals surface area contributed by atoms with E-state index in [2.05, 4.69) is 15.8 Å². The summed E-state index contributed by atoms with van der Waals surface area (Å²) < 4.78 is 5.05. The first-order chi connectivity index (χ1) is 9.85. The van der Waals surface area contributed by atoms with Crippen LogP contribution in [-0.2, 0) is 9.59 Å². The molecule has 7 nitrogen and oxygen atoms in total. The van der Waals surface area contributed by atoms with Crippen LogP contribution >= 0.6 is 0 Å². The quantitative estimate of drug-likeness (QED) is 0.433. The van der Waals surface area contributed by atoms with E-state index >= 15 is 0 Å². The number of nitrogens with one attached hydrogen (secondary N) is 2. The van der Waals surface area contributed by atoms with Gasteiger partial charge in [0.1, 0.15) is 11.5 Å². The molecule has 7 heteroatoms. The molecule has 0 fully saturated rings. The number of nitrogens with zero attached hydrogens (tertiary/aromatic N) is 1. The minimum absolute atomic E-state index is 0.00192. The van der Waals surface area contributed by atoms with Crippen LogP contribution in [0.25, 0.3) is 0 Å². The van der Waals surface area contributed by atoms with Crippen molar-refractivity contribution in [3.8, 4) is 11.5 Å². The van der Waals surface area contributed by atoms with Crippen molar-refractivity contribution < 1.29 is 19.4 Å². The lowest BCUT2D eigenvalue weighted by Gasteiger charge is -2.08. The molecule has 0 aliphatic heterocycles. The first kappa shape index (κ1) is 16.5. The molecule has 114 valence electrons. The van der Waals surface area contributed by atoms with Crippen LogP contribution in [-0.4, -0.2) is 35.8 Å². The van der Waals surface area contributed by atoms with E-state index in [9.17, 15) is 14.7 Å². The Morgan fingerprint density at radius 3 is 2.52 bits per heavy atom. The average Bonchev–Trinajstić information content (AvgIpc) is 2.44. The molecule has 0 aliphatic carbocycles. The number of phenols is 1. The zero-order chi connectivity index (χ0) is 16.0. The van der Waals surface area contributed by atoms with Gasteiger partial charge in [-0.1, -0.05) is 0 Å². The number of hydrogen-bond donors (Lipinski definition) is 3. The predicted octanol–water partition coefficient (Wildman–Crippen LogP) is 0.766. The van der Waals surface area contributed by atoms with Crippen LogP contribution in [0.2, 0.25) is 0 Å². The fraction of sp³-hybridized carbons (Fsp3) is 0.357. The van der Waals surface area contributed by atoms with Gasteiger partial charge >= 0.3 is 11.8 Å². The third-order valence-electron chi connectivity index (χ3n) is 2.54.